The smallest absolute Gasteiger partial charge is 0.0991 e. The van der Waals surface area contributed by atoms with Crippen molar-refractivity contribution in [3.8, 4) is 6.07 Å². The second kappa shape index (κ2) is 4.89. The molecule has 0 heterocycles. The lowest BCUT2D eigenvalue weighted by Gasteiger charge is -2.27. The van der Waals surface area contributed by atoms with Gasteiger partial charge in [-0.15, -0.1) is 0 Å². The van der Waals surface area contributed by atoms with Gasteiger partial charge in [0.05, 0.1) is 17.2 Å². The molecule has 0 spiro atoms. The minimum absolute atomic E-state index is 0.620. The molecule has 1 N–H and O–H groups in total. The molecule has 2 heteroatoms. The van der Waals surface area contributed by atoms with Gasteiger partial charge in [0.1, 0.15) is 0 Å². The molecule has 1 aliphatic rings. The first kappa shape index (κ1) is 12.1. The first-order valence-electron chi connectivity index (χ1n) is 6.35. The van der Waals surface area contributed by atoms with Crippen LogP contribution < -0.4 is 0 Å². The topological polar surface area (TPSA) is 44.0 Å². The van der Waals surface area contributed by atoms with Crippen LogP contribution in [0.15, 0.2) is 24.3 Å². The highest BCUT2D eigenvalue weighted by atomic mass is 16.3. The predicted octanol–water partition coefficient (Wildman–Crippen LogP) is 3.35. The lowest BCUT2D eigenvalue weighted by Crippen LogP contribution is -2.24. The number of rotatable bonds is 3. The van der Waals surface area contributed by atoms with Crippen molar-refractivity contribution in [1.82, 2.24) is 0 Å². The highest BCUT2D eigenvalue weighted by Gasteiger charge is 2.29. The van der Waals surface area contributed by atoms with Gasteiger partial charge < -0.3 is 5.11 Å². The average molecular weight is 229 g/mol. The van der Waals surface area contributed by atoms with Crippen molar-refractivity contribution in [3.05, 3.63) is 35.4 Å². The third kappa shape index (κ3) is 2.87. The van der Waals surface area contributed by atoms with Gasteiger partial charge in [-0.1, -0.05) is 37.8 Å². The number of nitriles is 1. The summed E-state index contributed by atoms with van der Waals surface area (Å²) in [7, 11) is 0. The van der Waals surface area contributed by atoms with E-state index in [1.807, 2.05) is 19.1 Å². The van der Waals surface area contributed by atoms with Crippen molar-refractivity contribution in [1.29, 1.82) is 5.26 Å². The van der Waals surface area contributed by atoms with Crippen LogP contribution in [0.2, 0.25) is 0 Å². The Bertz CT molecular complexity index is 425. The molecule has 1 unspecified atom stereocenters. The Balaban J connectivity index is 2.15. The maximum absolute atomic E-state index is 10.6. The lowest BCUT2D eigenvalue weighted by atomic mass is 9.85. The SMILES string of the molecule is CC(O)(CC1CCCC1)c1cccc(C#N)c1. The van der Waals surface area contributed by atoms with Crippen LogP contribution in [0.4, 0.5) is 0 Å². The molecule has 1 saturated carbocycles. The molecule has 0 amide bonds. The Labute approximate surface area is 103 Å². The monoisotopic (exact) mass is 229 g/mol. The first-order chi connectivity index (χ1) is 8.12. The van der Waals surface area contributed by atoms with Crippen molar-refractivity contribution in [2.24, 2.45) is 5.92 Å². The molecule has 1 fully saturated rings. The summed E-state index contributed by atoms with van der Waals surface area (Å²) in [6.07, 6.45) is 5.85. The van der Waals surface area contributed by atoms with Gasteiger partial charge in [0, 0.05) is 0 Å². The molecular weight excluding hydrogens is 210 g/mol. The average Bonchev–Trinajstić information content (AvgIpc) is 2.81. The lowest BCUT2D eigenvalue weighted by molar-refractivity contribution is 0.0307. The summed E-state index contributed by atoms with van der Waals surface area (Å²) in [5.41, 5.74) is 0.680. The van der Waals surface area contributed by atoms with E-state index in [-0.39, 0.29) is 0 Å². The number of benzene rings is 1. The Morgan fingerprint density at radius 3 is 2.76 bits per heavy atom. The van der Waals surface area contributed by atoms with Gasteiger partial charge in [-0.2, -0.15) is 5.26 Å². The quantitative estimate of drug-likeness (QED) is 0.863. The van der Waals surface area contributed by atoms with Crippen molar-refractivity contribution in [3.63, 3.8) is 0 Å². The highest BCUT2D eigenvalue weighted by Crippen LogP contribution is 2.36. The summed E-state index contributed by atoms with van der Waals surface area (Å²) in [6, 6.07) is 9.45. The third-order valence-electron chi connectivity index (χ3n) is 3.77. The van der Waals surface area contributed by atoms with Crippen molar-refractivity contribution < 1.29 is 5.11 Å². The molecular formula is C15H19NO. The summed E-state index contributed by atoms with van der Waals surface area (Å²) in [4.78, 5) is 0. The van der Waals surface area contributed by atoms with E-state index in [9.17, 15) is 5.11 Å². The van der Waals surface area contributed by atoms with Crippen LogP contribution in [0.5, 0.6) is 0 Å². The Kier molecular flexibility index (Phi) is 3.49. The summed E-state index contributed by atoms with van der Waals surface area (Å²) in [5.74, 6) is 0.635. The molecule has 17 heavy (non-hydrogen) atoms. The van der Waals surface area contributed by atoms with Crippen LogP contribution in [0, 0.1) is 17.2 Å². The van der Waals surface area contributed by atoms with Gasteiger partial charge in [-0.05, 0) is 37.0 Å². The molecule has 0 bridgehead atoms. The molecule has 1 atom stereocenters. The van der Waals surface area contributed by atoms with Gasteiger partial charge in [0.15, 0.2) is 0 Å². The number of nitrogens with zero attached hydrogens (tertiary/aromatic N) is 1. The number of hydrogen-bond acceptors (Lipinski definition) is 2. The minimum Gasteiger partial charge on any atom is -0.385 e. The molecule has 0 aromatic heterocycles. The summed E-state index contributed by atoms with van der Waals surface area (Å²) in [5, 5.41) is 19.4. The third-order valence-corrected chi connectivity index (χ3v) is 3.77. The van der Waals surface area contributed by atoms with E-state index in [0.717, 1.165) is 12.0 Å². The van der Waals surface area contributed by atoms with E-state index < -0.39 is 5.60 Å². The van der Waals surface area contributed by atoms with Crippen molar-refractivity contribution in [2.75, 3.05) is 0 Å². The van der Waals surface area contributed by atoms with Crippen LogP contribution in [0.25, 0.3) is 0 Å². The highest BCUT2D eigenvalue weighted by molar-refractivity contribution is 5.35. The molecule has 0 saturated heterocycles. The van der Waals surface area contributed by atoms with Crippen LogP contribution in [-0.2, 0) is 5.60 Å². The fraction of sp³-hybridized carbons (Fsp3) is 0.533. The standard InChI is InChI=1S/C15H19NO/c1-15(17,10-12-5-2-3-6-12)14-8-4-7-13(9-14)11-16/h4,7-9,12,17H,2-3,5-6,10H2,1H3. The maximum Gasteiger partial charge on any atom is 0.0991 e. The minimum atomic E-state index is -0.804. The van der Waals surface area contributed by atoms with E-state index in [1.54, 1.807) is 12.1 Å². The van der Waals surface area contributed by atoms with Crippen molar-refractivity contribution in [2.45, 2.75) is 44.6 Å². The van der Waals surface area contributed by atoms with Gasteiger partial charge in [0.2, 0.25) is 0 Å². The largest absolute Gasteiger partial charge is 0.385 e. The van der Waals surface area contributed by atoms with E-state index in [1.165, 1.54) is 25.7 Å². The molecule has 1 aliphatic carbocycles. The molecule has 2 nitrogen and oxygen atoms in total. The Morgan fingerprint density at radius 1 is 1.41 bits per heavy atom. The Hall–Kier alpha value is -1.33. The van der Waals surface area contributed by atoms with Gasteiger partial charge in [-0.25, -0.2) is 0 Å². The maximum atomic E-state index is 10.6. The second-order valence-corrected chi connectivity index (χ2v) is 5.32. The normalized spacial score (nSPS) is 19.8. The van der Waals surface area contributed by atoms with Gasteiger partial charge in [0.25, 0.3) is 0 Å². The molecule has 0 radical (unpaired) electrons. The first-order valence-corrected chi connectivity index (χ1v) is 6.35. The van der Waals surface area contributed by atoms with E-state index in [4.69, 9.17) is 5.26 Å². The predicted molar refractivity (Wildman–Crippen MR) is 67.3 cm³/mol. The molecule has 1 aromatic rings. The van der Waals surface area contributed by atoms with Gasteiger partial charge >= 0.3 is 0 Å². The zero-order valence-corrected chi connectivity index (χ0v) is 10.3. The number of hydrogen-bond donors (Lipinski definition) is 1. The van der Waals surface area contributed by atoms with Crippen molar-refractivity contribution >= 4 is 0 Å². The van der Waals surface area contributed by atoms with Crippen LogP contribution in [0.3, 0.4) is 0 Å². The van der Waals surface area contributed by atoms with E-state index in [0.29, 0.717) is 11.5 Å². The summed E-state index contributed by atoms with van der Waals surface area (Å²) >= 11 is 0. The zero-order chi connectivity index (χ0) is 12.3. The number of aliphatic hydroxyl groups is 1. The fourth-order valence-corrected chi connectivity index (χ4v) is 2.82. The Morgan fingerprint density at radius 2 is 2.12 bits per heavy atom. The second-order valence-electron chi connectivity index (χ2n) is 5.32. The van der Waals surface area contributed by atoms with Crippen LogP contribution >= 0.6 is 0 Å². The van der Waals surface area contributed by atoms with Crippen LogP contribution in [-0.4, -0.2) is 5.11 Å². The van der Waals surface area contributed by atoms with Crippen LogP contribution in [0.1, 0.15) is 50.2 Å². The molecule has 2 rings (SSSR count). The molecule has 90 valence electrons. The molecule has 0 aliphatic heterocycles. The van der Waals surface area contributed by atoms with Gasteiger partial charge in [-0.3, -0.25) is 0 Å². The zero-order valence-electron chi connectivity index (χ0n) is 10.3. The summed E-state index contributed by atoms with van der Waals surface area (Å²) in [6.45, 7) is 1.86. The fourth-order valence-electron chi connectivity index (χ4n) is 2.82. The van der Waals surface area contributed by atoms with E-state index in [2.05, 4.69) is 6.07 Å². The van der Waals surface area contributed by atoms with E-state index >= 15 is 0 Å². The molecule has 1 aromatic carbocycles. The summed E-state index contributed by atoms with van der Waals surface area (Å²) < 4.78 is 0.